The molecule has 3 rings (SSSR count). The molecule has 1 saturated carbocycles. The van der Waals surface area contributed by atoms with Gasteiger partial charge in [-0.05, 0) is 49.8 Å². The van der Waals surface area contributed by atoms with Crippen molar-refractivity contribution in [3.8, 4) is 0 Å². The molecule has 0 radical (unpaired) electrons. The Balaban J connectivity index is 1.82. The van der Waals surface area contributed by atoms with Crippen LogP contribution in [0.25, 0.3) is 0 Å². The molecular formula is C22H31N3O5. The summed E-state index contributed by atoms with van der Waals surface area (Å²) in [6, 6.07) is 2.08. The van der Waals surface area contributed by atoms with Crippen LogP contribution in [0.4, 0.5) is 4.79 Å². The zero-order valence-corrected chi connectivity index (χ0v) is 18.5. The maximum absolute atomic E-state index is 13.5. The Kier molecular flexibility index (Phi) is 5.80. The summed E-state index contributed by atoms with van der Waals surface area (Å²) in [5, 5.41) is 2.70. The van der Waals surface area contributed by atoms with Crippen molar-refractivity contribution in [1.82, 2.24) is 15.2 Å². The Bertz CT molecular complexity index is 818. The molecule has 0 spiro atoms. The molecule has 4 atom stereocenters. The molecule has 0 unspecified atom stereocenters. The molecule has 8 heteroatoms. The Morgan fingerprint density at radius 2 is 1.90 bits per heavy atom. The van der Waals surface area contributed by atoms with Gasteiger partial charge in [0.05, 0.1) is 7.11 Å². The quantitative estimate of drug-likeness (QED) is 0.738. The molecule has 1 aromatic rings. The number of amides is 2. The molecule has 1 saturated heterocycles. The summed E-state index contributed by atoms with van der Waals surface area (Å²) in [5.41, 5.74) is 0.149. The van der Waals surface area contributed by atoms with E-state index in [0.29, 0.717) is 6.54 Å². The van der Waals surface area contributed by atoms with Crippen molar-refractivity contribution >= 4 is 18.0 Å². The Morgan fingerprint density at radius 3 is 2.47 bits per heavy atom. The summed E-state index contributed by atoms with van der Waals surface area (Å²) >= 11 is 0. The lowest BCUT2D eigenvalue weighted by atomic mass is 9.99. The predicted molar refractivity (Wildman–Crippen MR) is 109 cm³/mol. The average Bonchev–Trinajstić information content (AvgIpc) is 3.01. The number of fused-ring (bicyclic) bond motifs is 1. The number of hydrogen-bond donors (Lipinski definition) is 1. The van der Waals surface area contributed by atoms with Crippen LogP contribution < -0.4 is 5.32 Å². The van der Waals surface area contributed by atoms with E-state index in [1.807, 2.05) is 0 Å². The van der Waals surface area contributed by atoms with Gasteiger partial charge in [0.2, 0.25) is 5.91 Å². The van der Waals surface area contributed by atoms with Crippen molar-refractivity contribution in [3.63, 3.8) is 0 Å². The average molecular weight is 418 g/mol. The molecule has 0 aromatic carbocycles. The SMILES string of the molecule is COC(=O)[C@@H]1[C@@H]2[C@H](CN1C(=O)[C@H](Cc1ccncc1)NC(=O)OC(C)(C)C)C2(C)C. The van der Waals surface area contributed by atoms with Gasteiger partial charge in [-0.25, -0.2) is 9.59 Å². The molecule has 1 N–H and O–H groups in total. The number of nitrogens with one attached hydrogen (secondary N) is 1. The number of carbonyl (C=O) groups excluding carboxylic acids is 3. The summed E-state index contributed by atoms with van der Waals surface area (Å²) in [6.07, 6.45) is 2.86. The molecule has 2 heterocycles. The standard InChI is InChI=1S/C22H31N3O5/c1-21(2,3)30-20(28)24-15(11-13-7-9-23-10-8-13)18(26)25-12-14-16(22(14,4)5)17(25)19(27)29-6/h7-10,14-17H,11-12H2,1-6H3,(H,24,28)/t14-,15-,16-,17-/m0/s1. The summed E-state index contributed by atoms with van der Waals surface area (Å²) in [5.74, 6) is -0.414. The molecule has 2 fully saturated rings. The van der Waals surface area contributed by atoms with Gasteiger partial charge in [0.1, 0.15) is 17.7 Å². The number of pyridine rings is 1. The van der Waals surface area contributed by atoms with Gasteiger partial charge >= 0.3 is 12.1 Å². The summed E-state index contributed by atoms with van der Waals surface area (Å²) in [7, 11) is 1.33. The van der Waals surface area contributed by atoms with Crippen molar-refractivity contribution in [1.29, 1.82) is 0 Å². The number of likely N-dealkylation sites (tertiary alicyclic amines) is 1. The predicted octanol–water partition coefficient (Wildman–Crippen LogP) is 2.17. The number of carbonyl (C=O) groups is 3. The van der Waals surface area contributed by atoms with Gasteiger partial charge in [-0.15, -0.1) is 0 Å². The smallest absolute Gasteiger partial charge is 0.408 e. The van der Waals surface area contributed by atoms with Crippen molar-refractivity contribution < 1.29 is 23.9 Å². The molecular weight excluding hydrogens is 386 g/mol. The molecule has 1 aliphatic carbocycles. The topological polar surface area (TPSA) is 97.8 Å². The first-order valence-electron chi connectivity index (χ1n) is 10.2. The van der Waals surface area contributed by atoms with Crippen LogP contribution in [0.2, 0.25) is 0 Å². The number of piperidine rings is 1. The third-order valence-corrected chi connectivity index (χ3v) is 6.11. The molecule has 8 nitrogen and oxygen atoms in total. The zero-order chi connectivity index (χ0) is 22.3. The van der Waals surface area contributed by atoms with Gasteiger partial charge in [-0.1, -0.05) is 13.8 Å². The molecule has 30 heavy (non-hydrogen) atoms. The third-order valence-electron chi connectivity index (χ3n) is 6.11. The lowest BCUT2D eigenvalue weighted by Crippen LogP contribution is -2.55. The number of aromatic nitrogens is 1. The lowest BCUT2D eigenvalue weighted by Gasteiger charge is -2.32. The monoisotopic (exact) mass is 417 g/mol. The van der Waals surface area contributed by atoms with E-state index in [9.17, 15) is 14.4 Å². The van der Waals surface area contributed by atoms with E-state index in [2.05, 4.69) is 24.1 Å². The van der Waals surface area contributed by atoms with E-state index in [-0.39, 0.29) is 29.6 Å². The second-order valence-corrected chi connectivity index (χ2v) is 9.67. The van der Waals surface area contributed by atoms with Gasteiger partial charge in [0, 0.05) is 31.3 Å². The molecule has 2 amide bonds. The Hall–Kier alpha value is -2.64. The van der Waals surface area contributed by atoms with Crippen LogP contribution in [0.15, 0.2) is 24.5 Å². The fourth-order valence-corrected chi connectivity index (χ4v) is 4.51. The first kappa shape index (κ1) is 22.1. The largest absolute Gasteiger partial charge is 0.467 e. The fraction of sp³-hybridized carbons (Fsp3) is 0.636. The van der Waals surface area contributed by atoms with Gasteiger partial charge in [-0.3, -0.25) is 9.78 Å². The lowest BCUT2D eigenvalue weighted by molar-refractivity contribution is -0.153. The minimum absolute atomic E-state index is 0.00513. The number of nitrogens with zero attached hydrogens (tertiary/aromatic N) is 2. The first-order chi connectivity index (χ1) is 14.0. The van der Waals surface area contributed by atoms with E-state index in [1.165, 1.54) is 7.11 Å². The fourth-order valence-electron chi connectivity index (χ4n) is 4.51. The maximum Gasteiger partial charge on any atom is 0.408 e. The zero-order valence-electron chi connectivity index (χ0n) is 18.5. The highest BCUT2D eigenvalue weighted by Crippen LogP contribution is 2.65. The number of ether oxygens (including phenoxy) is 2. The highest BCUT2D eigenvalue weighted by atomic mass is 16.6. The Labute approximate surface area is 177 Å². The van der Waals surface area contributed by atoms with E-state index in [4.69, 9.17) is 9.47 Å². The number of methoxy groups -OCH3 is 1. The van der Waals surface area contributed by atoms with Gasteiger partial charge in [-0.2, -0.15) is 0 Å². The number of esters is 1. The minimum atomic E-state index is -0.866. The van der Waals surface area contributed by atoms with Crippen LogP contribution >= 0.6 is 0 Å². The molecule has 0 bridgehead atoms. The highest BCUT2D eigenvalue weighted by Gasteiger charge is 2.70. The molecule has 2 aliphatic rings. The van der Waals surface area contributed by atoms with E-state index in [0.717, 1.165) is 5.56 Å². The summed E-state index contributed by atoms with van der Waals surface area (Å²) in [6.45, 7) is 9.96. The van der Waals surface area contributed by atoms with Gasteiger partial charge < -0.3 is 19.7 Å². The Morgan fingerprint density at radius 1 is 1.27 bits per heavy atom. The van der Waals surface area contributed by atoms with E-state index < -0.39 is 29.7 Å². The summed E-state index contributed by atoms with van der Waals surface area (Å²) < 4.78 is 10.3. The molecule has 164 valence electrons. The van der Waals surface area contributed by atoms with Crippen LogP contribution in [0.3, 0.4) is 0 Å². The van der Waals surface area contributed by atoms with E-state index in [1.54, 1.807) is 50.2 Å². The number of hydrogen-bond acceptors (Lipinski definition) is 6. The molecule has 1 aliphatic heterocycles. The number of alkyl carbamates (subject to hydrolysis) is 1. The van der Waals surface area contributed by atoms with Gasteiger partial charge in [0.15, 0.2) is 0 Å². The van der Waals surface area contributed by atoms with Crippen LogP contribution in [0, 0.1) is 17.3 Å². The first-order valence-corrected chi connectivity index (χ1v) is 10.2. The van der Waals surface area contributed by atoms with Crippen molar-refractivity contribution in [2.75, 3.05) is 13.7 Å². The molecule has 1 aromatic heterocycles. The summed E-state index contributed by atoms with van der Waals surface area (Å²) in [4.78, 5) is 44.0. The third kappa shape index (κ3) is 4.42. The second-order valence-electron chi connectivity index (χ2n) is 9.67. The number of rotatable bonds is 5. The normalized spacial score (nSPS) is 25.1. The van der Waals surface area contributed by atoms with Crippen LogP contribution in [-0.2, 0) is 25.5 Å². The van der Waals surface area contributed by atoms with Crippen molar-refractivity contribution in [3.05, 3.63) is 30.1 Å². The van der Waals surface area contributed by atoms with Crippen LogP contribution in [0.5, 0.6) is 0 Å². The van der Waals surface area contributed by atoms with Crippen molar-refractivity contribution in [2.45, 2.75) is 58.7 Å². The van der Waals surface area contributed by atoms with Crippen LogP contribution in [-0.4, -0.2) is 59.2 Å². The van der Waals surface area contributed by atoms with Crippen molar-refractivity contribution in [2.24, 2.45) is 17.3 Å². The second kappa shape index (κ2) is 7.89. The maximum atomic E-state index is 13.5. The van der Waals surface area contributed by atoms with Gasteiger partial charge in [0.25, 0.3) is 0 Å². The highest BCUT2D eigenvalue weighted by molar-refractivity contribution is 5.91. The van der Waals surface area contributed by atoms with E-state index >= 15 is 0 Å². The van der Waals surface area contributed by atoms with Crippen LogP contribution in [0.1, 0.15) is 40.2 Å². The minimum Gasteiger partial charge on any atom is -0.467 e.